The standard InChI is InChI=1S/C21H33ClN6/c1-7-28(8-2)20(17-11-9-10-12-19(17)22)14-25-21(23-5)24-13-18-15(3)26-27(6)16(18)4/h9-12,20H,7-8,13-14H2,1-6H3,(H2,23,24,25). The molecule has 1 unspecified atom stereocenters. The van der Waals surface area contributed by atoms with Gasteiger partial charge in [0.1, 0.15) is 0 Å². The molecule has 1 aromatic heterocycles. The number of aromatic nitrogens is 2. The van der Waals surface area contributed by atoms with E-state index in [1.807, 2.05) is 36.9 Å². The predicted molar refractivity (Wildman–Crippen MR) is 118 cm³/mol. The summed E-state index contributed by atoms with van der Waals surface area (Å²) < 4.78 is 1.91. The van der Waals surface area contributed by atoms with Crippen LogP contribution in [0.3, 0.4) is 0 Å². The zero-order valence-corrected chi connectivity index (χ0v) is 18.6. The number of hydrogen-bond acceptors (Lipinski definition) is 3. The summed E-state index contributed by atoms with van der Waals surface area (Å²) in [6, 6.07) is 8.24. The quantitative estimate of drug-likeness (QED) is 0.522. The van der Waals surface area contributed by atoms with Crippen molar-refractivity contribution in [2.75, 3.05) is 26.7 Å². The number of halogens is 1. The Labute approximate surface area is 174 Å². The number of nitrogens with one attached hydrogen (secondary N) is 2. The lowest BCUT2D eigenvalue weighted by Gasteiger charge is -2.31. The van der Waals surface area contributed by atoms with E-state index in [9.17, 15) is 0 Å². The molecule has 0 aliphatic heterocycles. The number of aliphatic imine (C=N–C) groups is 1. The fourth-order valence-electron chi connectivity index (χ4n) is 3.50. The van der Waals surface area contributed by atoms with Crippen LogP contribution in [0.4, 0.5) is 0 Å². The third-order valence-corrected chi connectivity index (χ3v) is 5.64. The molecular weight excluding hydrogens is 372 g/mol. The molecular formula is C21H33ClN6. The van der Waals surface area contributed by atoms with E-state index in [0.29, 0.717) is 6.54 Å². The number of guanidine groups is 1. The predicted octanol–water partition coefficient (Wildman–Crippen LogP) is 3.44. The summed E-state index contributed by atoms with van der Waals surface area (Å²) >= 11 is 6.49. The second-order valence-electron chi connectivity index (χ2n) is 6.84. The van der Waals surface area contributed by atoms with Gasteiger partial charge in [-0.1, -0.05) is 43.6 Å². The maximum atomic E-state index is 6.49. The Hall–Kier alpha value is -2.05. The second kappa shape index (κ2) is 10.5. The first-order chi connectivity index (χ1) is 13.4. The van der Waals surface area contributed by atoms with Crippen molar-refractivity contribution in [3.05, 3.63) is 51.8 Å². The minimum absolute atomic E-state index is 0.170. The molecule has 6 nitrogen and oxygen atoms in total. The minimum Gasteiger partial charge on any atom is -0.354 e. The molecule has 2 N–H and O–H groups in total. The molecule has 1 aromatic carbocycles. The molecule has 0 amide bonds. The summed E-state index contributed by atoms with van der Waals surface area (Å²) in [5.41, 5.74) is 4.55. The van der Waals surface area contributed by atoms with Crippen molar-refractivity contribution in [2.45, 2.75) is 40.3 Å². The highest BCUT2D eigenvalue weighted by molar-refractivity contribution is 6.31. The van der Waals surface area contributed by atoms with Gasteiger partial charge in [0.05, 0.1) is 11.7 Å². The first-order valence-corrected chi connectivity index (χ1v) is 10.2. The summed E-state index contributed by atoms with van der Waals surface area (Å²) in [6.07, 6.45) is 0. The van der Waals surface area contributed by atoms with Crippen LogP contribution in [0.25, 0.3) is 0 Å². The Morgan fingerprint density at radius 1 is 1.21 bits per heavy atom. The summed E-state index contributed by atoms with van der Waals surface area (Å²) in [5.74, 6) is 0.770. The Balaban J connectivity index is 2.08. The maximum Gasteiger partial charge on any atom is 0.191 e. The van der Waals surface area contributed by atoms with Gasteiger partial charge >= 0.3 is 0 Å². The van der Waals surface area contributed by atoms with Crippen LogP contribution in [-0.2, 0) is 13.6 Å². The van der Waals surface area contributed by atoms with Crippen molar-refractivity contribution in [1.29, 1.82) is 0 Å². The minimum atomic E-state index is 0.170. The molecule has 0 saturated heterocycles. The molecule has 0 spiro atoms. The number of benzene rings is 1. The van der Waals surface area contributed by atoms with Crippen molar-refractivity contribution in [3.8, 4) is 0 Å². The number of rotatable bonds is 8. The van der Waals surface area contributed by atoms with Crippen LogP contribution in [0.5, 0.6) is 0 Å². The molecule has 154 valence electrons. The molecule has 0 fully saturated rings. The van der Waals surface area contributed by atoms with Crippen molar-refractivity contribution in [1.82, 2.24) is 25.3 Å². The van der Waals surface area contributed by atoms with Crippen LogP contribution in [0.2, 0.25) is 5.02 Å². The van der Waals surface area contributed by atoms with Gasteiger partial charge in [-0.05, 0) is 38.6 Å². The Morgan fingerprint density at radius 3 is 2.43 bits per heavy atom. The van der Waals surface area contributed by atoms with E-state index >= 15 is 0 Å². The average molecular weight is 405 g/mol. The van der Waals surface area contributed by atoms with Gasteiger partial charge in [0, 0.05) is 43.5 Å². The number of aryl methyl sites for hydroxylation is 2. The SMILES string of the molecule is CCN(CC)C(CNC(=NC)NCc1c(C)nn(C)c1C)c1ccccc1Cl. The second-order valence-corrected chi connectivity index (χ2v) is 7.25. The van der Waals surface area contributed by atoms with Crippen LogP contribution in [0.15, 0.2) is 29.3 Å². The molecule has 0 aliphatic rings. The molecule has 1 atom stereocenters. The Kier molecular flexibility index (Phi) is 8.33. The normalized spacial score (nSPS) is 13.1. The topological polar surface area (TPSA) is 57.5 Å². The van der Waals surface area contributed by atoms with Gasteiger partial charge in [-0.15, -0.1) is 0 Å². The smallest absolute Gasteiger partial charge is 0.191 e. The molecule has 2 rings (SSSR count). The van der Waals surface area contributed by atoms with Gasteiger partial charge < -0.3 is 10.6 Å². The van der Waals surface area contributed by atoms with Gasteiger partial charge in [0.15, 0.2) is 5.96 Å². The highest BCUT2D eigenvalue weighted by Crippen LogP contribution is 2.26. The highest BCUT2D eigenvalue weighted by atomic mass is 35.5. The van der Waals surface area contributed by atoms with Gasteiger partial charge in [0.25, 0.3) is 0 Å². The van der Waals surface area contributed by atoms with E-state index in [0.717, 1.165) is 47.6 Å². The average Bonchev–Trinajstić information content (AvgIpc) is 2.93. The number of likely N-dealkylation sites (N-methyl/N-ethyl adjacent to an activating group) is 1. The fraction of sp³-hybridized carbons (Fsp3) is 0.524. The van der Waals surface area contributed by atoms with Gasteiger partial charge in [-0.2, -0.15) is 5.10 Å². The summed E-state index contributed by atoms with van der Waals surface area (Å²) in [4.78, 5) is 6.78. The third kappa shape index (κ3) is 5.26. The highest BCUT2D eigenvalue weighted by Gasteiger charge is 2.20. The third-order valence-electron chi connectivity index (χ3n) is 5.30. The van der Waals surface area contributed by atoms with Gasteiger partial charge in [-0.25, -0.2) is 0 Å². The van der Waals surface area contributed by atoms with Crippen molar-refractivity contribution in [2.24, 2.45) is 12.0 Å². The van der Waals surface area contributed by atoms with E-state index in [4.69, 9.17) is 11.6 Å². The van der Waals surface area contributed by atoms with E-state index in [-0.39, 0.29) is 6.04 Å². The van der Waals surface area contributed by atoms with E-state index in [1.54, 1.807) is 7.05 Å². The summed E-state index contributed by atoms with van der Waals surface area (Å²) in [6.45, 7) is 11.8. The van der Waals surface area contributed by atoms with E-state index in [2.05, 4.69) is 52.5 Å². The van der Waals surface area contributed by atoms with Crippen LogP contribution in [0.1, 0.15) is 42.4 Å². The number of hydrogen-bond donors (Lipinski definition) is 2. The maximum absolute atomic E-state index is 6.49. The number of nitrogens with zero attached hydrogens (tertiary/aromatic N) is 4. The monoisotopic (exact) mass is 404 g/mol. The molecule has 0 bridgehead atoms. The van der Waals surface area contributed by atoms with Crippen LogP contribution in [0, 0.1) is 13.8 Å². The van der Waals surface area contributed by atoms with Crippen molar-refractivity contribution in [3.63, 3.8) is 0 Å². The lowest BCUT2D eigenvalue weighted by Crippen LogP contribution is -2.43. The lowest BCUT2D eigenvalue weighted by atomic mass is 10.0. The van der Waals surface area contributed by atoms with Gasteiger partial charge in [0.2, 0.25) is 0 Å². The summed E-state index contributed by atoms with van der Waals surface area (Å²) in [7, 11) is 3.76. The molecule has 0 aliphatic carbocycles. The molecule has 2 aromatic rings. The summed E-state index contributed by atoms with van der Waals surface area (Å²) in [5, 5.41) is 12.2. The fourth-order valence-corrected chi connectivity index (χ4v) is 3.77. The molecule has 28 heavy (non-hydrogen) atoms. The van der Waals surface area contributed by atoms with Crippen LogP contribution < -0.4 is 10.6 Å². The van der Waals surface area contributed by atoms with E-state index < -0.39 is 0 Å². The largest absolute Gasteiger partial charge is 0.354 e. The van der Waals surface area contributed by atoms with Crippen molar-refractivity contribution < 1.29 is 0 Å². The lowest BCUT2D eigenvalue weighted by molar-refractivity contribution is 0.219. The van der Waals surface area contributed by atoms with Crippen LogP contribution in [-0.4, -0.2) is 47.3 Å². The first-order valence-electron chi connectivity index (χ1n) is 9.84. The van der Waals surface area contributed by atoms with Crippen LogP contribution >= 0.6 is 11.6 Å². The van der Waals surface area contributed by atoms with E-state index in [1.165, 1.54) is 5.56 Å². The van der Waals surface area contributed by atoms with Crippen molar-refractivity contribution >= 4 is 17.6 Å². The zero-order chi connectivity index (χ0) is 20.7. The first kappa shape index (κ1) is 22.2. The van der Waals surface area contributed by atoms with Gasteiger partial charge in [-0.3, -0.25) is 14.6 Å². The molecule has 0 radical (unpaired) electrons. The molecule has 0 saturated carbocycles. The Morgan fingerprint density at radius 2 is 1.89 bits per heavy atom. The zero-order valence-electron chi connectivity index (χ0n) is 17.9. The molecule has 7 heteroatoms. The molecule has 1 heterocycles. The Bertz CT molecular complexity index is 794.